The van der Waals surface area contributed by atoms with E-state index in [2.05, 4.69) is 45.8 Å². The first-order valence-electron chi connectivity index (χ1n) is 27.3. The molecule has 6 aromatic rings. The van der Waals surface area contributed by atoms with Crippen LogP contribution in [0.3, 0.4) is 0 Å². The Morgan fingerprint density at radius 1 is 0.429 bits per heavy atom. The smallest absolute Gasteiger partial charge is 0.314 e. The van der Waals surface area contributed by atoms with Gasteiger partial charge in [0.1, 0.15) is 12.3 Å². The number of nitro groups is 3. The summed E-state index contributed by atoms with van der Waals surface area (Å²) in [7, 11) is 0. The molecule has 7 rings (SSSR count). The van der Waals surface area contributed by atoms with Gasteiger partial charge in [-0.05, 0) is 112 Å². The van der Waals surface area contributed by atoms with Gasteiger partial charge >= 0.3 is 5.97 Å². The Balaban J connectivity index is 1.32. The van der Waals surface area contributed by atoms with Crippen LogP contribution >= 0.6 is 0 Å². The molecule has 0 amide bonds. The number of rotatable bonds is 33. The monoisotopic (exact) mass is 1060 g/mol. The fraction of sp³-hybridized carbons (Fsp3) is 0.458. The van der Waals surface area contributed by atoms with Gasteiger partial charge in [0.15, 0.2) is 34.5 Å². The third-order valence-electron chi connectivity index (χ3n) is 13.4. The quantitative estimate of drug-likeness (QED) is 0.00932. The number of non-ortho nitro benzene ring substituents is 2. The fourth-order valence-corrected chi connectivity index (χ4v) is 9.38. The fourth-order valence-electron chi connectivity index (χ4n) is 9.38. The zero-order valence-corrected chi connectivity index (χ0v) is 44.9. The minimum absolute atomic E-state index is 0.00636. The Kier molecular flexibility index (Phi) is 20.6. The van der Waals surface area contributed by atoms with Gasteiger partial charge in [0.2, 0.25) is 0 Å². The molecule has 0 atom stereocenters. The molecule has 0 aliphatic heterocycles. The van der Waals surface area contributed by atoms with Gasteiger partial charge < -0.3 is 33.3 Å². The van der Waals surface area contributed by atoms with Crippen LogP contribution in [-0.2, 0) is 9.63 Å². The molecule has 0 N–H and O–H groups in total. The molecule has 1 aliphatic rings. The second-order valence-electron chi connectivity index (χ2n) is 19.2. The van der Waals surface area contributed by atoms with Crippen molar-refractivity contribution in [2.75, 3.05) is 39.6 Å². The Labute approximate surface area is 448 Å². The average molecular weight is 1060 g/mol. The Hall–Kier alpha value is -7.76. The Morgan fingerprint density at radius 2 is 0.805 bits per heavy atom. The largest absolute Gasteiger partial charge is 0.490 e. The molecule has 0 spiro atoms. The van der Waals surface area contributed by atoms with Crippen molar-refractivity contribution in [1.29, 1.82) is 0 Å². The van der Waals surface area contributed by atoms with Gasteiger partial charge in [-0.25, -0.2) is 0 Å². The standard InChI is InChI=1S/C59H70N4O14/c1-6-11-16-24-71-51-33-42-43-34-52(72-25-17-12-7-2)54(74-27-19-14-9-4)36-45(43)47-38-56(55(75-28-20-15-10-5)37-46(47)44(42)35-53(51)73-26-18-13-8-3)77-57(64)23-29-76-60-59-48-30-39(61(65)66)21-22-41(48)58-49(59)31-40(62(67)68)32-50(58)63(69)70/h21-22,30-38H,6-20,23-29H2,1-5H3/b60-59+. The highest BCUT2D eigenvalue weighted by molar-refractivity contribution is 6.27. The van der Waals surface area contributed by atoms with Crippen LogP contribution in [0.15, 0.2) is 71.9 Å². The molecule has 6 aromatic carbocycles. The Morgan fingerprint density at radius 3 is 1.18 bits per heavy atom. The van der Waals surface area contributed by atoms with Crippen LogP contribution in [0.1, 0.15) is 148 Å². The molecule has 77 heavy (non-hydrogen) atoms. The number of hydrogen-bond donors (Lipinski definition) is 0. The second kappa shape index (κ2) is 27.9. The molecule has 1 aliphatic carbocycles. The highest BCUT2D eigenvalue weighted by Gasteiger charge is 2.36. The molecule has 410 valence electrons. The lowest BCUT2D eigenvalue weighted by atomic mass is 9.93. The number of carbonyl (C=O) groups excluding carboxylic acids is 1. The number of fused-ring (bicyclic) bond motifs is 9. The van der Waals surface area contributed by atoms with Gasteiger partial charge in [0.25, 0.3) is 17.1 Å². The van der Waals surface area contributed by atoms with Crippen LogP contribution in [-0.4, -0.2) is 66.1 Å². The van der Waals surface area contributed by atoms with Gasteiger partial charge in [0.05, 0.1) is 65.9 Å². The SMILES string of the molecule is CCCCCOc1cc2c3cc(OCCCCC)c(OCCCCC)cc3c3cc(OC(=O)CCO/N=C4\c5cc([N+](=O)[O-])ccc5-c5c4cc([N+](=O)[O-])cc5[N+](=O)[O-])c(OCCCCC)cc3c2cc1OCCCCC. The lowest BCUT2D eigenvalue weighted by Gasteiger charge is -2.20. The molecular formula is C59H70N4O14. The lowest BCUT2D eigenvalue weighted by molar-refractivity contribution is -0.393. The summed E-state index contributed by atoms with van der Waals surface area (Å²) in [6.45, 7) is 12.8. The number of oxime groups is 1. The first kappa shape index (κ1) is 57.0. The summed E-state index contributed by atoms with van der Waals surface area (Å²) >= 11 is 0. The van der Waals surface area contributed by atoms with E-state index in [4.69, 9.17) is 33.3 Å². The zero-order chi connectivity index (χ0) is 54.8. The normalized spacial score (nSPS) is 12.2. The molecule has 18 heteroatoms. The number of ether oxygens (including phenoxy) is 6. The van der Waals surface area contributed by atoms with Gasteiger partial charge in [-0.1, -0.05) is 104 Å². The average Bonchev–Trinajstić information content (AvgIpc) is 3.76. The van der Waals surface area contributed by atoms with E-state index in [-0.39, 0.29) is 52.4 Å². The summed E-state index contributed by atoms with van der Waals surface area (Å²) in [6, 6.07) is 17.5. The molecule has 0 bridgehead atoms. The van der Waals surface area contributed by atoms with Crippen molar-refractivity contribution in [1.82, 2.24) is 0 Å². The highest BCUT2D eigenvalue weighted by atomic mass is 16.6. The third-order valence-corrected chi connectivity index (χ3v) is 13.4. The van der Waals surface area contributed by atoms with Crippen LogP contribution in [0.2, 0.25) is 0 Å². The number of benzene rings is 6. The van der Waals surface area contributed by atoms with Crippen molar-refractivity contribution in [2.45, 2.75) is 137 Å². The molecule has 18 nitrogen and oxygen atoms in total. The van der Waals surface area contributed by atoms with Crippen LogP contribution in [0.4, 0.5) is 17.1 Å². The van der Waals surface area contributed by atoms with E-state index < -0.39 is 32.1 Å². The first-order valence-corrected chi connectivity index (χ1v) is 27.3. The molecule has 0 radical (unpaired) electrons. The van der Waals surface area contributed by atoms with E-state index in [1.807, 2.05) is 30.3 Å². The van der Waals surface area contributed by atoms with E-state index in [9.17, 15) is 35.1 Å². The summed E-state index contributed by atoms with van der Waals surface area (Å²) in [4.78, 5) is 53.4. The number of nitro benzene ring substituents is 3. The summed E-state index contributed by atoms with van der Waals surface area (Å²) in [5.74, 6) is 2.29. The molecule has 0 fully saturated rings. The minimum atomic E-state index is -0.780. The van der Waals surface area contributed by atoms with E-state index in [0.717, 1.165) is 141 Å². The van der Waals surface area contributed by atoms with E-state index >= 15 is 0 Å². The van der Waals surface area contributed by atoms with Crippen molar-refractivity contribution in [3.63, 3.8) is 0 Å². The van der Waals surface area contributed by atoms with E-state index in [0.29, 0.717) is 61.8 Å². The van der Waals surface area contributed by atoms with Crippen molar-refractivity contribution in [2.24, 2.45) is 5.16 Å². The summed E-state index contributed by atoms with van der Waals surface area (Å²) in [5, 5.41) is 45.1. The summed E-state index contributed by atoms with van der Waals surface area (Å²) < 4.78 is 38.8. The maximum Gasteiger partial charge on any atom is 0.314 e. The number of carbonyl (C=O) groups is 1. The number of unbranched alkanes of at least 4 members (excludes halogenated alkanes) is 10. The van der Waals surface area contributed by atoms with Crippen molar-refractivity contribution in [3.05, 3.63) is 108 Å². The maximum absolute atomic E-state index is 14.0. The predicted molar refractivity (Wildman–Crippen MR) is 298 cm³/mol. The van der Waals surface area contributed by atoms with E-state index in [1.54, 1.807) is 0 Å². The van der Waals surface area contributed by atoms with Gasteiger partial charge in [-0.3, -0.25) is 35.1 Å². The highest BCUT2D eigenvalue weighted by Crippen LogP contribution is 2.49. The van der Waals surface area contributed by atoms with Gasteiger partial charge in [-0.2, -0.15) is 0 Å². The van der Waals surface area contributed by atoms with Crippen LogP contribution < -0.4 is 28.4 Å². The third kappa shape index (κ3) is 14.0. The maximum atomic E-state index is 14.0. The summed E-state index contributed by atoms with van der Waals surface area (Å²) in [5.41, 5.74) is -1.35. The number of esters is 1. The summed E-state index contributed by atoms with van der Waals surface area (Å²) in [6.07, 6.45) is 14.1. The van der Waals surface area contributed by atoms with Crippen molar-refractivity contribution < 1.29 is 52.8 Å². The molecule has 0 unspecified atom stereocenters. The molecule has 0 heterocycles. The van der Waals surface area contributed by atoms with Crippen molar-refractivity contribution >= 4 is 61.1 Å². The topological polar surface area (TPSA) is 223 Å². The molecule has 0 aromatic heterocycles. The van der Waals surface area contributed by atoms with Gasteiger partial charge in [-0.15, -0.1) is 0 Å². The van der Waals surface area contributed by atoms with Crippen LogP contribution in [0.5, 0.6) is 34.5 Å². The number of hydrogen-bond acceptors (Lipinski definition) is 15. The zero-order valence-electron chi connectivity index (χ0n) is 44.9. The lowest BCUT2D eigenvalue weighted by Crippen LogP contribution is -2.12. The van der Waals surface area contributed by atoms with Crippen LogP contribution in [0, 0.1) is 30.3 Å². The van der Waals surface area contributed by atoms with Crippen molar-refractivity contribution in [3.8, 4) is 45.6 Å². The molecular weight excluding hydrogens is 989 g/mol. The molecule has 0 saturated heterocycles. The first-order chi connectivity index (χ1) is 37.4. The Bertz CT molecular complexity index is 3070. The van der Waals surface area contributed by atoms with Gasteiger partial charge in [0, 0.05) is 29.3 Å². The number of nitrogens with zero attached hydrogens (tertiary/aromatic N) is 4. The minimum Gasteiger partial charge on any atom is -0.490 e. The molecule has 0 saturated carbocycles. The second-order valence-corrected chi connectivity index (χ2v) is 19.2. The van der Waals surface area contributed by atoms with Crippen LogP contribution in [0.25, 0.3) is 43.4 Å². The predicted octanol–water partition coefficient (Wildman–Crippen LogP) is 15.5. The van der Waals surface area contributed by atoms with E-state index in [1.165, 1.54) is 18.2 Å².